The molecular formula is C8H4BrClF2N2. The highest BCUT2D eigenvalue weighted by atomic mass is 79.9. The molecule has 0 unspecified atom stereocenters. The van der Waals surface area contributed by atoms with Gasteiger partial charge in [-0.25, -0.2) is 13.8 Å². The summed E-state index contributed by atoms with van der Waals surface area (Å²) in [5.74, 6) is 0. The Bertz CT molecular complexity index is 390. The predicted octanol–water partition coefficient (Wildman–Crippen LogP) is 3.50. The van der Waals surface area contributed by atoms with Gasteiger partial charge in [0.25, 0.3) is 6.43 Å². The van der Waals surface area contributed by atoms with Crippen LogP contribution in [0.25, 0.3) is 0 Å². The summed E-state index contributed by atoms with van der Waals surface area (Å²) < 4.78 is 24.9. The molecule has 0 N–H and O–H groups in total. The summed E-state index contributed by atoms with van der Waals surface area (Å²) in [6.07, 6.45) is -2.69. The molecule has 0 fully saturated rings. The monoisotopic (exact) mass is 280 g/mol. The molecule has 0 radical (unpaired) electrons. The lowest BCUT2D eigenvalue weighted by Gasteiger charge is -2.06. The van der Waals surface area contributed by atoms with Crippen LogP contribution in [-0.4, -0.2) is 4.98 Å². The van der Waals surface area contributed by atoms with Gasteiger partial charge in [0.15, 0.2) is 0 Å². The number of hydrogen-bond donors (Lipinski definition) is 0. The van der Waals surface area contributed by atoms with Crippen molar-refractivity contribution >= 4 is 27.5 Å². The Morgan fingerprint density at radius 3 is 2.79 bits per heavy atom. The lowest BCUT2D eigenvalue weighted by atomic mass is 10.2. The lowest BCUT2D eigenvalue weighted by molar-refractivity contribution is 0.145. The minimum atomic E-state index is -2.71. The zero-order valence-corrected chi connectivity index (χ0v) is 9.11. The lowest BCUT2D eigenvalue weighted by Crippen LogP contribution is -1.97. The van der Waals surface area contributed by atoms with E-state index in [9.17, 15) is 8.78 Å². The molecule has 0 spiro atoms. The number of rotatable bonds is 2. The highest BCUT2D eigenvalue weighted by Gasteiger charge is 2.17. The van der Waals surface area contributed by atoms with E-state index >= 15 is 0 Å². The first-order valence-electron chi connectivity index (χ1n) is 3.56. The third-order valence-corrected chi connectivity index (χ3v) is 2.61. The molecule has 6 heteroatoms. The van der Waals surface area contributed by atoms with E-state index in [0.29, 0.717) is 5.56 Å². The van der Waals surface area contributed by atoms with Crippen LogP contribution in [0.4, 0.5) is 8.78 Å². The van der Waals surface area contributed by atoms with E-state index < -0.39 is 12.1 Å². The second-order valence-electron chi connectivity index (χ2n) is 2.44. The van der Waals surface area contributed by atoms with Crippen LogP contribution in [-0.2, 0) is 6.42 Å². The Morgan fingerprint density at radius 1 is 1.64 bits per heavy atom. The van der Waals surface area contributed by atoms with Crippen molar-refractivity contribution in [3.63, 3.8) is 0 Å². The average molecular weight is 281 g/mol. The van der Waals surface area contributed by atoms with Gasteiger partial charge >= 0.3 is 0 Å². The van der Waals surface area contributed by atoms with E-state index in [-0.39, 0.29) is 16.0 Å². The van der Waals surface area contributed by atoms with Crippen molar-refractivity contribution in [1.29, 1.82) is 5.26 Å². The standard InChI is InChI=1S/C8H4BrClF2N2/c9-6-4(1-2-13)3-5(10)14-7(6)8(11)12/h3,8H,1H2. The molecule has 1 aromatic rings. The van der Waals surface area contributed by atoms with Crippen molar-refractivity contribution in [3.05, 3.63) is 26.9 Å². The van der Waals surface area contributed by atoms with Crippen LogP contribution in [0.1, 0.15) is 17.7 Å². The fourth-order valence-electron chi connectivity index (χ4n) is 0.926. The topological polar surface area (TPSA) is 36.7 Å². The molecule has 14 heavy (non-hydrogen) atoms. The van der Waals surface area contributed by atoms with E-state index in [1.165, 1.54) is 6.07 Å². The van der Waals surface area contributed by atoms with Gasteiger partial charge in [-0.2, -0.15) is 5.26 Å². The second kappa shape index (κ2) is 4.67. The summed E-state index contributed by atoms with van der Waals surface area (Å²) in [6.45, 7) is 0. The minimum absolute atomic E-state index is 0.0164. The first-order valence-corrected chi connectivity index (χ1v) is 4.73. The fraction of sp³-hybridized carbons (Fsp3) is 0.250. The van der Waals surface area contributed by atoms with Crippen LogP contribution in [0, 0.1) is 11.3 Å². The van der Waals surface area contributed by atoms with Crippen LogP contribution < -0.4 is 0 Å². The van der Waals surface area contributed by atoms with Crippen molar-refractivity contribution in [3.8, 4) is 6.07 Å². The molecule has 1 rings (SSSR count). The van der Waals surface area contributed by atoms with Gasteiger partial charge in [-0.05, 0) is 27.6 Å². The summed E-state index contributed by atoms with van der Waals surface area (Å²) in [4.78, 5) is 3.47. The van der Waals surface area contributed by atoms with Gasteiger partial charge in [0.1, 0.15) is 10.8 Å². The fourth-order valence-corrected chi connectivity index (χ4v) is 1.67. The molecule has 0 aliphatic rings. The predicted molar refractivity (Wildman–Crippen MR) is 51.2 cm³/mol. The second-order valence-corrected chi connectivity index (χ2v) is 3.62. The van der Waals surface area contributed by atoms with E-state index in [4.69, 9.17) is 16.9 Å². The number of alkyl halides is 2. The van der Waals surface area contributed by atoms with Gasteiger partial charge in [-0.1, -0.05) is 11.6 Å². The maximum atomic E-state index is 12.4. The molecule has 0 saturated carbocycles. The summed E-state index contributed by atoms with van der Waals surface area (Å²) in [7, 11) is 0. The minimum Gasteiger partial charge on any atom is -0.234 e. The van der Waals surface area contributed by atoms with Crippen LogP contribution in [0.5, 0.6) is 0 Å². The third kappa shape index (κ3) is 2.40. The van der Waals surface area contributed by atoms with Crippen LogP contribution in [0.2, 0.25) is 5.15 Å². The largest absolute Gasteiger partial charge is 0.281 e. The van der Waals surface area contributed by atoms with Crippen molar-refractivity contribution in [2.45, 2.75) is 12.8 Å². The van der Waals surface area contributed by atoms with Crippen molar-refractivity contribution in [2.75, 3.05) is 0 Å². The zero-order valence-electron chi connectivity index (χ0n) is 6.77. The Kier molecular flexibility index (Phi) is 3.78. The number of halogens is 4. The van der Waals surface area contributed by atoms with Crippen LogP contribution in [0.3, 0.4) is 0 Å². The summed E-state index contributed by atoms with van der Waals surface area (Å²) >= 11 is 8.49. The maximum Gasteiger partial charge on any atom is 0.281 e. The van der Waals surface area contributed by atoms with Crippen molar-refractivity contribution in [1.82, 2.24) is 4.98 Å². The first-order chi connectivity index (χ1) is 6.56. The maximum absolute atomic E-state index is 12.4. The molecule has 0 bridgehead atoms. The molecule has 0 aliphatic carbocycles. The van der Waals surface area contributed by atoms with Gasteiger partial charge in [0.2, 0.25) is 0 Å². The summed E-state index contributed by atoms with van der Waals surface area (Å²) in [5.41, 5.74) is -0.00875. The van der Waals surface area contributed by atoms with Crippen LogP contribution in [0.15, 0.2) is 10.5 Å². The molecule has 2 nitrogen and oxygen atoms in total. The first kappa shape index (κ1) is 11.3. The molecule has 0 aliphatic heterocycles. The van der Waals surface area contributed by atoms with Gasteiger partial charge in [0.05, 0.1) is 12.5 Å². The normalized spacial score (nSPS) is 10.3. The van der Waals surface area contributed by atoms with Gasteiger partial charge in [-0.15, -0.1) is 0 Å². The number of nitrogens with zero attached hydrogens (tertiary/aromatic N) is 2. The number of nitriles is 1. The quantitative estimate of drug-likeness (QED) is 0.778. The third-order valence-electron chi connectivity index (χ3n) is 1.50. The van der Waals surface area contributed by atoms with E-state index in [2.05, 4.69) is 20.9 Å². The highest BCUT2D eigenvalue weighted by Crippen LogP contribution is 2.30. The Morgan fingerprint density at radius 2 is 2.29 bits per heavy atom. The number of aromatic nitrogens is 1. The Labute approximate surface area is 92.6 Å². The van der Waals surface area contributed by atoms with Crippen molar-refractivity contribution in [2.24, 2.45) is 0 Å². The van der Waals surface area contributed by atoms with Crippen molar-refractivity contribution < 1.29 is 8.78 Å². The summed E-state index contributed by atoms with van der Waals surface area (Å²) in [5, 5.41) is 8.41. The van der Waals surface area contributed by atoms with Crippen LogP contribution >= 0.6 is 27.5 Å². The molecule has 1 heterocycles. The smallest absolute Gasteiger partial charge is 0.234 e. The molecule has 0 atom stereocenters. The number of pyridine rings is 1. The molecular weight excluding hydrogens is 277 g/mol. The van der Waals surface area contributed by atoms with Gasteiger partial charge in [0, 0.05) is 4.47 Å². The highest BCUT2D eigenvalue weighted by molar-refractivity contribution is 9.10. The van der Waals surface area contributed by atoms with Gasteiger partial charge < -0.3 is 0 Å². The zero-order chi connectivity index (χ0) is 10.7. The molecule has 0 saturated heterocycles. The summed E-state index contributed by atoms with van der Waals surface area (Å²) in [6, 6.07) is 3.25. The van der Waals surface area contributed by atoms with E-state index in [1.54, 1.807) is 0 Å². The molecule has 1 aromatic heterocycles. The van der Waals surface area contributed by atoms with E-state index in [1.807, 2.05) is 6.07 Å². The Balaban J connectivity index is 3.26. The molecule has 0 amide bonds. The van der Waals surface area contributed by atoms with Gasteiger partial charge in [-0.3, -0.25) is 0 Å². The average Bonchev–Trinajstić information content (AvgIpc) is 2.10. The SMILES string of the molecule is N#CCc1cc(Cl)nc(C(F)F)c1Br. The molecule has 0 aromatic carbocycles. The van der Waals surface area contributed by atoms with E-state index in [0.717, 1.165) is 0 Å². The number of hydrogen-bond acceptors (Lipinski definition) is 2. The Hall–Kier alpha value is -0.730. The molecule has 74 valence electrons.